The van der Waals surface area contributed by atoms with Crippen LogP contribution in [0.25, 0.3) is 0 Å². The number of aliphatic hydroxyl groups excluding tert-OH is 1. The minimum absolute atomic E-state index is 0.00543. The van der Waals surface area contributed by atoms with Gasteiger partial charge in [0.15, 0.2) is 0 Å². The Morgan fingerprint density at radius 2 is 1.80 bits per heavy atom. The molecule has 0 atom stereocenters. The average Bonchev–Trinajstić information content (AvgIpc) is 2.37. The molecule has 20 heavy (non-hydrogen) atoms. The van der Waals surface area contributed by atoms with Crippen LogP contribution in [0.1, 0.15) is 11.1 Å². The van der Waals surface area contributed by atoms with Gasteiger partial charge in [0.05, 0.1) is 13.2 Å². The summed E-state index contributed by atoms with van der Waals surface area (Å²) in [5, 5.41) is 9.14. The summed E-state index contributed by atoms with van der Waals surface area (Å²) in [6.45, 7) is 3.12. The monoisotopic (exact) mass is 288 g/mol. The van der Waals surface area contributed by atoms with Crippen LogP contribution < -0.4 is 4.90 Å². The minimum Gasteiger partial charge on any atom is -0.392 e. The van der Waals surface area contributed by atoms with Crippen LogP contribution in [0.3, 0.4) is 0 Å². The van der Waals surface area contributed by atoms with Gasteiger partial charge in [-0.15, -0.1) is 0 Å². The number of hydrogen-bond acceptors (Lipinski definition) is 3. The van der Waals surface area contributed by atoms with Crippen molar-refractivity contribution in [2.24, 2.45) is 0 Å². The summed E-state index contributed by atoms with van der Waals surface area (Å²) in [6.07, 6.45) is -4.12. The molecule has 112 valence electrons. The molecule has 1 aromatic carbocycles. The Hall–Kier alpha value is -1.27. The highest BCUT2D eigenvalue weighted by Crippen LogP contribution is 2.22. The molecular formula is C14H19F3N2O. The van der Waals surface area contributed by atoms with Gasteiger partial charge in [0.2, 0.25) is 0 Å². The van der Waals surface area contributed by atoms with Crippen molar-refractivity contribution >= 4 is 5.69 Å². The van der Waals surface area contributed by atoms with Gasteiger partial charge < -0.3 is 10.0 Å². The Morgan fingerprint density at radius 3 is 2.30 bits per heavy atom. The lowest BCUT2D eigenvalue weighted by Gasteiger charge is -2.36. The molecule has 0 amide bonds. The van der Waals surface area contributed by atoms with Gasteiger partial charge in [0.25, 0.3) is 0 Å². The number of aliphatic hydroxyl groups is 1. The molecule has 0 bridgehead atoms. The molecular weight excluding hydrogens is 269 g/mol. The van der Waals surface area contributed by atoms with Gasteiger partial charge in [0.1, 0.15) is 0 Å². The van der Waals surface area contributed by atoms with Gasteiger partial charge in [0, 0.05) is 31.9 Å². The molecule has 0 aromatic heterocycles. The van der Waals surface area contributed by atoms with E-state index >= 15 is 0 Å². The van der Waals surface area contributed by atoms with E-state index in [-0.39, 0.29) is 6.61 Å². The molecule has 0 aliphatic carbocycles. The molecule has 0 unspecified atom stereocenters. The lowest BCUT2D eigenvalue weighted by molar-refractivity contribution is -0.146. The zero-order chi connectivity index (χ0) is 14.8. The highest BCUT2D eigenvalue weighted by molar-refractivity contribution is 5.51. The summed E-state index contributed by atoms with van der Waals surface area (Å²) in [6, 6.07) is 5.76. The quantitative estimate of drug-likeness (QED) is 0.923. The van der Waals surface area contributed by atoms with Crippen LogP contribution >= 0.6 is 0 Å². The number of anilines is 1. The average molecular weight is 288 g/mol. The molecule has 1 heterocycles. The van der Waals surface area contributed by atoms with Gasteiger partial charge in [-0.25, -0.2) is 0 Å². The van der Waals surface area contributed by atoms with E-state index in [1.54, 1.807) is 0 Å². The summed E-state index contributed by atoms with van der Waals surface area (Å²) in [7, 11) is 0. The normalized spacial score (nSPS) is 17.6. The van der Waals surface area contributed by atoms with Crippen molar-refractivity contribution in [2.75, 3.05) is 37.6 Å². The topological polar surface area (TPSA) is 26.7 Å². The van der Waals surface area contributed by atoms with Gasteiger partial charge in [-0.2, -0.15) is 13.2 Å². The second-order valence-electron chi connectivity index (χ2n) is 5.15. The summed E-state index contributed by atoms with van der Waals surface area (Å²) < 4.78 is 37.0. The van der Waals surface area contributed by atoms with Crippen molar-refractivity contribution in [2.45, 2.75) is 19.7 Å². The van der Waals surface area contributed by atoms with Crippen molar-refractivity contribution in [3.63, 3.8) is 0 Å². The SMILES string of the molecule is Cc1cc(N2CCN(CC(F)(F)F)CC2)ccc1CO. The van der Waals surface area contributed by atoms with Crippen LogP contribution in [0.2, 0.25) is 0 Å². The number of benzene rings is 1. The van der Waals surface area contributed by atoms with Crippen LogP contribution in [0, 0.1) is 6.92 Å². The van der Waals surface area contributed by atoms with Crippen LogP contribution in [-0.4, -0.2) is 48.9 Å². The highest BCUT2D eigenvalue weighted by Gasteiger charge is 2.32. The first-order valence-electron chi connectivity index (χ1n) is 6.63. The predicted molar refractivity (Wildman–Crippen MR) is 71.8 cm³/mol. The Balaban J connectivity index is 1.95. The highest BCUT2D eigenvalue weighted by atomic mass is 19.4. The first-order valence-corrected chi connectivity index (χ1v) is 6.63. The Kier molecular flexibility index (Phi) is 4.55. The first-order chi connectivity index (χ1) is 9.39. The van der Waals surface area contributed by atoms with Crippen molar-refractivity contribution in [1.82, 2.24) is 4.90 Å². The number of rotatable bonds is 3. The van der Waals surface area contributed by atoms with Crippen molar-refractivity contribution < 1.29 is 18.3 Å². The number of piperazine rings is 1. The van der Waals surface area contributed by atoms with E-state index < -0.39 is 12.7 Å². The van der Waals surface area contributed by atoms with E-state index in [1.165, 1.54) is 4.90 Å². The maximum atomic E-state index is 12.3. The largest absolute Gasteiger partial charge is 0.401 e. The zero-order valence-corrected chi connectivity index (χ0v) is 11.5. The van der Waals surface area contributed by atoms with E-state index in [0.29, 0.717) is 26.2 Å². The molecule has 6 heteroatoms. The predicted octanol–water partition coefficient (Wildman–Crippen LogP) is 2.17. The third-order valence-corrected chi connectivity index (χ3v) is 3.64. The number of aryl methyl sites for hydroxylation is 1. The van der Waals surface area contributed by atoms with Crippen molar-refractivity contribution in [1.29, 1.82) is 0 Å². The third-order valence-electron chi connectivity index (χ3n) is 3.64. The van der Waals surface area contributed by atoms with Crippen molar-refractivity contribution in [3.05, 3.63) is 29.3 Å². The fraction of sp³-hybridized carbons (Fsp3) is 0.571. The Morgan fingerprint density at radius 1 is 1.15 bits per heavy atom. The van der Waals surface area contributed by atoms with E-state index in [1.807, 2.05) is 25.1 Å². The molecule has 2 rings (SSSR count). The van der Waals surface area contributed by atoms with Gasteiger partial charge >= 0.3 is 6.18 Å². The molecule has 1 aliphatic rings. The standard InChI is InChI=1S/C14H19F3N2O/c1-11-8-13(3-2-12(11)9-20)19-6-4-18(5-7-19)10-14(15,16)17/h2-3,8,20H,4-7,9-10H2,1H3. The molecule has 1 N–H and O–H groups in total. The van der Waals surface area contributed by atoms with Gasteiger partial charge in [-0.1, -0.05) is 6.07 Å². The molecule has 0 spiro atoms. The Labute approximate surface area is 116 Å². The lowest BCUT2D eigenvalue weighted by atomic mass is 10.1. The number of hydrogen-bond donors (Lipinski definition) is 1. The molecule has 3 nitrogen and oxygen atoms in total. The number of nitrogens with zero attached hydrogens (tertiary/aromatic N) is 2. The summed E-state index contributed by atoms with van der Waals surface area (Å²) in [4.78, 5) is 3.52. The number of halogens is 3. The fourth-order valence-electron chi connectivity index (χ4n) is 2.47. The van der Waals surface area contributed by atoms with E-state index in [2.05, 4.69) is 4.90 Å². The second kappa shape index (κ2) is 6.01. The first kappa shape index (κ1) is 15.1. The fourth-order valence-corrected chi connectivity index (χ4v) is 2.47. The Bertz CT molecular complexity index is 454. The molecule has 1 aromatic rings. The molecule has 0 saturated carbocycles. The van der Waals surface area contributed by atoms with Crippen LogP contribution in [0.15, 0.2) is 18.2 Å². The molecule has 1 saturated heterocycles. The second-order valence-corrected chi connectivity index (χ2v) is 5.15. The maximum Gasteiger partial charge on any atom is 0.401 e. The summed E-state index contributed by atoms with van der Waals surface area (Å²) in [5.41, 5.74) is 2.89. The van der Waals surface area contributed by atoms with E-state index in [0.717, 1.165) is 16.8 Å². The smallest absolute Gasteiger partial charge is 0.392 e. The molecule has 1 aliphatic heterocycles. The molecule has 1 fully saturated rings. The number of alkyl halides is 3. The summed E-state index contributed by atoms with van der Waals surface area (Å²) in [5.74, 6) is 0. The minimum atomic E-state index is -4.12. The van der Waals surface area contributed by atoms with Crippen LogP contribution in [0.4, 0.5) is 18.9 Å². The zero-order valence-electron chi connectivity index (χ0n) is 11.5. The maximum absolute atomic E-state index is 12.3. The van der Waals surface area contributed by atoms with Crippen LogP contribution in [0.5, 0.6) is 0 Å². The van der Waals surface area contributed by atoms with Gasteiger partial charge in [-0.05, 0) is 30.2 Å². The summed E-state index contributed by atoms with van der Waals surface area (Å²) >= 11 is 0. The van der Waals surface area contributed by atoms with Crippen molar-refractivity contribution in [3.8, 4) is 0 Å². The van der Waals surface area contributed by atoms with Gasteiger partial charge in [-0.3, -0.25) is 4.90 Å². The third kappa shape index (κ3) is 3.86. The van der Waals surface area contributed by atoms with E-state index in [4.69, 9.17) is 5.11 Å². The van der Waals surface area contributed by atoms with E-state index in [9.17, 15) is 13.2 Å². The van der Waals surface area contributed by atoms with Crippen LogP contribution in [-0.2, 0) is 6.61 Å². The molecule has 0 radical (unpaired) electrons. The lowest BCUT2D eigenvalue weighted by Crippen LogP contribution is -2.49.